The lowest BCUT2D eigenvalue weighted by atomic mass is 10.2. The predicted molar refractivity (Wildman–Crippen MR) is 70.7 cm³/mol. The molecule has 0 aliphatic rings. The summed E-state index contributed by atoms with van der Waals surface area (Å²) in [7, 11) is 0. The predicted octanol–water partition coefficient (Wildman–Crippen LogP) is 3.85. The van der Waals surface area contributed by atoms with Crippen LogP contribution in [0.1, 0.15) is 19.4 Å². The number of benzene rings is 1. The van der Waals surface area contributed by atoms with Crippen LogP contribution in [-0.2, 0) is 0 Å². The van der Waals surface area contributed by atoms with Crippen LogP contribution in [0.3, 0.4) is 0 Å². The van der Waals surface area contributed by atoms with Crippen molar-refractivity contribution in [3.8, 4) is 11.5 Å². The molecule has 0 atom stereocenters. The van der Waals surface area contributed by atoms with Gasteiger partial charge in [0.1, 0.15) is 0 Å². The van der Waals surface area contributed by atoms with Crippen LogP contribution < -0.4 is 9.47 Å². The molecule has 0 heterocycles. The average molecular weight is 238 g/mol. The highest BCUT2D eigenvalue weighted by Gasteiger charge is 2.11. The lowest BCUT2D eigenvalue weighted by Gasteiger charge is -2.15. The van der Waals surface area contributed by atoms with Gasteiger partial charge in [0.15, 0.2) is 11.5 Å². The molecule has 0 aliphatic carbocycles. The molecule has 88 valence electrons. The Labute approximate surface area is 102 Å². The van der Waals surface area contributed by atoms with E-state index in [2.05, 4.69) is 12.6 Å². The average Bonchev–Trinajstić information content (AvgIpc) is 2.31. The molecular formula is C13H18O2S. The summed E-state index contributed by atoms with van der Waals surface area (Å²) in [5.41, 5.74) is 1.05. The molecule has 0 bridgehead atoms. The van der Waals surface area contributed by atoms with Crippen LogP contribution >= 0.6 is 11.8 Å². The third-order valence-electron chi connectivity index (χ3n) is 2.09. The first-order valence-electron chi connectivity index (χ1n) is 5.36. The second-order valence-electron chi connectivity index (χ2n) is 3.12. The van der Waals surface area contributed by atoms with E-state index in [0.29, 0.717) is 13.2 Å². The van der Waals surface area contributed by atoms with Crippen LogP contribution in [0.15, 0.2) is 23.6 Å². The van der Waals surface area contributed by atoms with Crippen molar-refractivity contribution >= 4 is 17.8 Å². The SMILES string of the molecule is C=Cc1cc(OCC)c(OCC)c(SC)c1. The largest absolute Gasteiger partial charge is 0.490 e. The van der Waals surface area contributed by atoms with Gasteiger partial charge in [0.25, 0.3) is 0 Å². The number of rotatable bonds is 6. The molecule has 0 N–H and O–H groups in total. The molecule has 0 fully saturated rings. The Bertz CT molecular complexity index is 361. The zero-order valence-corrected chi connectivity index (χ0v) is 10.9. The molecule has 0 amide bonds. The summed E-state index contributed by atoms with van der Waals surface area (Å²) in [6.45, 7) is 8.99. The van der Waals surface area contributed by atoms with E-state index in [1.54, 1.807) is 11.8 Å². The van der Waals surface area contributed by atoms with E-state index in [0.717, 1.165) is 22.0 Å². The summed E-state index contributed by atoms with van der Waals surface area (Å²) in [4.78, 5) is 1.09. The quantitative estimate of drug-likeness (QED) is 0.701. The smallest absolute Gasteiger partial charge is 0.174 e. The maximum atomic E-state index is 5.63. The van der Waals surface area contributed by atoms with Gasteiger partial charge in [-0.3, -0.25) is 0 Å². The Morgan fingerprint density at radius 2 is 1.94 bits per heavy atom. The fraction of sp³-hybridized carbons (Fsp3) is 0.385. The minimum atomic E-state index is 0.633. The van der Waals surface area contributed by atoms with E-state index in [1.807, 2.05) is 32.2 Å². The van der Waals surface area contributed by atoms with Gasteiger partial charge < -0.3 is 9.47 Å². The molecular weight excluding hydrogens is 220 g/mol. The molecule has 1 aromatic carbocycles. The van der Waals surface area contributed by atoms with Gasteiger partial charge in [-0.2, -0.15) is 0 Å². The fourth-order valence-corrected chi connectivity index (χ4v) is 2.01. The number of ether oxygens (including phenoxy) is 2. The Balaban J connectivity index is 3.22. The van der Waals surface area contributed by atoms with Crippen LogP contribution in [0.2, 0.25) is 0 Å². The summed E-state index contributed by atoms with van der Waals surface area (Å²) in [5, 5.41) is 0. The molecule has 2 nitrogen and oxygen atoms in total. The van der Waals surface area contributed by atoms with Gasteiger partial charge in [0, 0.05) is 0 Å². The van der Waals surface area contributed by atoms with Crippen molar-refractivity contribution in [1.82, 2.24) is 0 Å². The molecule has 0 saturated heterocycles. The molecule has 0 saturated carbocycles. The van der Waals surface area contributed by atoms with Crippen LogP contribution in [0.4, 0.5) is 0 Å². The zero-order chi connectivity index (χ0) is 12.0. The van der Waals surface area contributed by atoms with Crippen LogP contribution in [-0.4, -0.2) is 19.5 Å². The minimum Gasteiger partial charge on any atom is -0.490 e. The van der Waals surface area contributed by atoms with Crippen LogP contribution in [0, 0.1) is 0 Å². The minimum absolute atomic E-state index is 0.633. The van der Waals surface area contributed by atoms with Gasteiger partial charge in [-0.25, -0.2) is 0 Å². The first kappa shape index (κ1) is 13.0. The maximum absolute atomic E-state index is 5.63. The maximum Gasteiger partial charge on any atom is 0.174 e. The summed E-state index contributed by atoms with van der Waals surface area (Å²) < 4.78 is 11.2. The van der Waals surface area contributed by atoms with E-state index in [9.17, 15) is 0 Å². The van der Waals surface area contributed by atoms with Gasteiger partial charge in [0.2, 0.25) is 0 Å². The van der Waals surface area contributed by atoms with Gasteiger partial charge in [-0.05, 0) is 37.8 Å². The van der Waals surface area contributed by atoms with Crippen molar-refractivity contribution in [2.45, 2.75) is 18.7 Å². The van der Waals surface area contributed by atoms with E-state index in [4.69, 9.17) is 9.47 Å². The van der Waals surface area contributed by atoms with E-state index < -0.39 is 0 Å². The second-order valence-corrected chi connectivity index (χ2v) is 3.97. The number of hydrogen-bond donors (Lipinski definition) is 0. The van der Waals surface area contributed by atoms with E-state index in [1.165, 1.54) is 0 Å². The summed E-state index contributed by atoms with van der Waals surface area (Å²) in [5.74, 6) is 1.63. The Morgan fingerprint density at radius 1 is 1.25 bits per heavy atom. The topological polar surface area (TPSA) is 18.5 Å². The molecule has 0 radical (unpaired) electrons. The van der Waals surface area contributed by atoms with Gasteiger partial charge in [-0.15, -0.1) is 11.8 Å². The van der Waals surface area contributed by atoms with Gasteiger partial charge in [0.05, 0.1) is 18.1 Å². The van der Waals surface area contributed by atoms with Crippen molar-refractivity contribution in [1.29, 1.82) is 0 Å². The highest BCUT2D eigenvalue weighted by Crippen LogP contribution is 2.38. The monoisotopic (exact) mass is 238 g/mol. The molecule has 0 aliphatic heterocycles. The zero-order valence-electron chi connectivity index (χ0n) is 10.1. The fourth-order valence-electron chi connectivity index (χ4n) is 1.42. The lowest BCUT2D eigenvalue weighted by molar-refractivity contribution is 0.282. The third kappa shape index (κ3) is 2.95. The van der Waals surface area contributed by atoms with Crippen molar-refractivity contribution in [3.63, 3.8) is 0 Å². The molecule has 16 heavy (non-hydrogen) atoms. The normalized spacial score (nSPS) is 9.94. The molecule has 0 unspecified atom stereocenters. The highest BCUT2D eigenvalue weighted by molar-refractivity contribution is 7.98. The summed E-state index contributed by atoms with van der Waals surface area (Å²) in [6, 6.07) is 4.02. The van der Waals surface area contributed by atoms with E-state index in [-0.39, 0.29) is 0 Å². The van der Waals surface area contributed by atoms with Crippen LogP contribution in [0.5, 0.6) is 11.5 Å². The standard InChI is InChI=1S/C13H18O2S/c1-5-10-8-11(14-6-2)13(15-7-3)12(9-10)16-4/h5,8-9H,1,6-7H2,2-4H3. The first-order chi connectivity index (χ1) is 7.76. The summed E-state index contributed by atoms with van der Waals surface area (Å²) >= 11 is 1.65. The number of thioether (sulfide) groups is 1. The van der Waals surface area contributed by atoms with Crippen molar-refractivity contribution in [2.24, 2.45) is 0 Å². The third-order valence-corrected chi connectivity index (χ3v) is 2.83. The Kier molecular flexibility index (Phi) is 5.26. The second kappa shape index (κ2) is 6.48. The van der Waals surface area contributed by atoms with Gasteiger partial charge in [-0.1, -0.05) is 12.7 Å². The Hall–Kier alpha value is -1.09. The van der Waals surface area contributed by atoms with Crippen LogP contribution in [0.25, 0.3) is 6.08 Å². The molecule has 3 heteroatoms. The molecule has 0 spiro atoms. The van der Waals surface area contributed by atoms with Gasteiger partial charge >= 0.3 is 0 Å². The molecule has 1 aromatic rings. The first-order valence-corrected chi connectivity index (χ1v) is 6.59. The van der Waals surface area contributed by atoms with Crippen molar-refractivity contribution in [3.05, 3.63) is 24.3 Å². The number of hydrogen-bond acceptors (Lipinski definition) is 3. The summed E-state index contributed by atoms with van der Waals surface area (Å²) in [6.07, 6.45) is 3.85. The molecule has 1 rings (SSSR count). The highest BCUT2D eigenvalue weighted by atomic mass is 32.2. The van der Waals surface area contributed by atoms with Crippen molar-refractivity contribution < 1.29 is 9.47 Å². The molecule has 0 aromatic heterocycles. The Morgan fingerprint density at radius 3 is 2.44 bits per heavy atom. The van der Waals surface area contributed by atoms with E-state index >= 15 is 0 Å². The lowest BCUT2D eigenvalue weighted by Crippen LogP contribution is -2.00. The van der Waals surface area contributed by atoms with Crippen molar-refractivity contribution in [2.75, 3.05) is 19.5 Å².